The van der Waals surface area contributed by atoms with Crippen molar-refractivity contribution in [1.82, 2.24) is 9.80 Å². The van der Waals surface area contributed by atoms with Gasteiger partial charge in [-0.05, 0) is 43.2 Å². The van der Waals surface area contributed by atoms with E-state index < -0.39 is 0 Å². The third-order valence-electron chi connectivity index (χ3n) is 5.84. The summed E-state index contributed by atoms with van der Waals surface area (Å²) in [5, 5.41) is 0.553. The molecule has 0 saturated carbocycles. The normalized spacial score (nSPS) is 19.9. The molecule has 0 aliphatic carbocycles. The van der Waals surface area contributed by atoms with Gasteiger partial charge in [-0.15, -0.1) is 0 Å². The van der Waals surface area contributed by atoms with Gasteiger partial charge in [0.15, 0.2) is 0 Å². The fourth-order valence-electron chi connectivity index (χ4n) is 4.25. The molecule has 4 rings (SSSR count). The standard InChI is InChI=1S/C23H26ClN3O2/c24-20-8-4-6-18(16-20)22(28)27-11-5-7-19(17-27)23(29)26-14-12-25(13-15-26)21-9-2-1-3-10-21/h1-4,6,8-10,16,19H,5,7,11-15,17H2/t19-/m1/s1. The number of amides is 2. The van der Waals surface area contributed by atoms with Crippen LogP contribution in [0.1, 0.15) is 23.2 Å². The molecule has 2 aromatic carbocycles. The molecule has 0 radical (unpaired) electrons. The van der Waals surface area contributed by atoms with E-state index in [1.807, 2.05) is 23.1 Å². The maximum atomic E-state index is 13.1. The van der Waals surface area contributed by atoms with E-state index in [0.29, 0.717) is 23.7 Å². The molecule has 152 valence electrons. The Morgan fingerprint density at radius 1 is 0.862 bits per heavy atom. The molecule has 2 saturated heterocycles. The molecule has 2 fully saturated rings. The highest BCUT2D eigenvalue weighted by atomic mass is 35.5. The SMILES string of the molecule is O=C(c1cccc(Cl)c1)N1CCC[C@@H](C(=O)N2CCN(c3ccccc3)CC2)C1. The molecule has 0 unspecified atom stereocenters. The molecule has 5 nitrogen and oxygen atoms in total. The molecule has 2 heterocycles. The summed E-state index contributed by atoms with van der Waals surface area (Å²) in [6.45, 7) is 4.32. The molecule has 0 spiro atoms. The largest absolute Gasteiger partial charge is 0.368 e. The topological polar surface area (TPSA) is 43.9 Å². The first kappa shape index (κ1) is 19.8. The lowest BCUT2D eigenvalue weighted by atomic mass is 9.95. The lowest BCUT2D eigenvalue weighted by Gasteiger charge is -2.39. The van der Waals surface area contributed by atoms with E-state index in [0.717, 1.165) is 39.0 Å². The predicted molar refractivity (Wildman–Crippen MR) is 115 cm³/mol. The second-order valence-electron chi connectivity index (χ2n) is 7.75. The van der Waals surface area contributed by atoms with E-state index in [9.17, 15) is 9.59 Å². The van der Waals surface area contributed by atoms with Crippen molar-refractivity contribution in [2.75, 3.05) is 44.2 Å². The number of rotatable bonds is 3. The number of carbonyl (C=O) groups excluding carboxylic acids is 2. The number of carbonyl (C=O) groups is 2. The van der Waals surface area contributed by atoms with Gasteiger partial charge in [-0.3, -0.25) is 9.59 Å². The van der Waals surface area contributed by atoms with E-state index in [4.69, 9.17) is 11.6 Å². The Bertz CT molecular complexity index is 865. The molecule has 0 aromatic heterocycles. The van der Waals surface area contributed by atoms with Crippen LogP contribution in [0, 0.1) is 5.92 Å². The van der Waals surface area contributed by atoms with Crippen LogP contribution < -0.4 is 4.90 Å². The summed E-state index contributed by atoms with van der Waals surface area (Å²) in [5.41, 5.74) is 1.79. The first-order chi connectivity index (χ1) is 14.1. The van der Waals surface area contributed by atoms with Crippen molar-refractivity contribution >= 4 is 29.1 Å². The van der Waals surface area contributed by atoms with Crippen LogP contribution in [0.25, 0.3) is 0 Å². The molecule has 2 aliphatic rings. The second kappa shape index (κ2) is 8.87. The molecule has 0 N–H and O–H groups in total. The van der Waals surface area contributed by atoms with Crippen LogP contribution in [0.2, 0.25) is 5.02 Å². The van der Waals surface area contributed by atoms with Crippen LogP contribution in [0.15, 0.2) is 54.6 Å². The lowest BCUT2D eigenvalue weighted by Crippen LogP contribution is -2.53. The Morgan fingerprint density at radius 2 is 1.62 bits per heavy atom. The van der Waals surface area contributed by atoms with Gasteiger partial charge in [0.2, 0.25) is 5.91 Å². The van der Waals surface area contributed by atoms with E-state index in [2.05, 4.69) is 17.0 Å². The number of hydrogen-bond acceptors (Lipinski definition) is 3. The molecule has 29 heavy (non-hydrogen) atoms. The highest BCUT2D eigenvalue weighted by Crippen LogP contribution is 2.23. The van der Waals surface area contributed by atoms with Gasteiger partial charge in [-0.25, -0.2) is 0 Å². The van der Waals surface area contributed by atoms with Crippen molar-refractivity contribution < 1.29 is 9.59 Å². The molecule has 2 amide bonds. The average Bonchev–Trinajstić information content (AvgIpc) is 2.79. The summed E-state index contributed by atoms with van der Waals surface area (Å²) in [6.07, 6.45) is 1.70. The minimum atomic E-state index is -0.116. The zero-order valence-corrected chi connectivity index (χ0v) is 17.2. The maximum absolute atomic E-state index is 13.1. The van der Waals surface area contributed by atoms with Gasteiger partial charge in [0.1, 0.15) is 0 Å². The molecule has 2 aromatic rings. The smallest absolute Gasteiger partial charge is 0.253 e. The lowest BCUT2D eigenvalue weighted by molar-refractivity contribution is -0.137. The third-order valence-corrected chi connectivity index (χ3v) is 6.08. The zero-order chi connectivity index (χ0) is 20.2. The first-order valence-electron chi connectivity index (χ1n) is 10.3. The Kier molecular flexibility index (Phi) is 6.05. The zero-order valence-electron chi connectivity index (χ0n) is 16.5. The summed E-state index contributed by atoms with van der Waals surface area (Å²) < 4.78 is 0. The van der Waals surface area contributed by atoms with E-state index in [-0.39, 0.29) is 17.7 Å². The van der Waals surface area contributed by atoms with Crippen LogP contribution in [0.3, 0.4) is 0 Å². The van der Waals surface area contributed by atoms with E-state index in [1.54, 1.807) is 29.2 Å². The summed E-state index contributed by atoms with van der Waals surface area (Å²) in [5.74, 6) is 0.0235. The van der Waals surface area contributed by atoms with Crippen molar-refractivity contribution in [2.45, 2.75) is 12.8 Å². The third kappa shape index (κ3) is 4.56. The van der Waals surface area contributed by atoms with Crippen molar-refractivity contribution in [3.63, 3.8) is 0 Å². The van der Waals surface area contributed by atoms with E-state index in [1.165, 1.54) is 5.69 Å². The van der Waals surface area contributed by atoms with E-state index >= 15 is 0 Å². The number of benzene rings is 2. The number of likely N-dealkylation sites (tertiary alicyclic amines) is 1. The van der Waals surface area contributed by atoms with Gasteiger partial charge in [0.25, 0.3) is 5.91 Å². The van der Waals surface area contributed by atoms with Gasteiger partial charge in [-0.2, -0.15) is 0 Å². The second-order valence-corrected chi connectivity index (χ2v) is 8.18. The van der Waals surface area contributed by atoms with Crippen LogP contribution in [-0.2, 0) is 4.79 Å². The number of piperazine rings is 1. The van der Waals surface area contributed by atoms with Crippen molar-refractivity contribution in [3.8, 4) is 0 Å². The van der Waals surface area contributed by atoms with Crippen LogP contribution >= 0.6 is 11.6 Å². The highest BCUT2D eigenvalue weighted by molar-refractivity contribution is 6.30. The van der Waals surface area contributed by atoms with Gasteiger partial charge in [0, 0.05) is 55.5 Å². The molecule has 1 atom stereocenters. The average molecular weight is 412 g/mol. The maximum Gasteiger partial charge on any atom is 0.253 e. The summed E-state index contributed by atoms with van der Waals surface area (Å²) >= 11 is 6.03. The number of piperidine rings is 1. The summed E-state index contributed by atoms with van der Waals surface area (Å²) in [4.78, 5) is 32.0. The number of nitrogens with zero attached hydrogens (tertiary/aromatic N) is 3. The number of hydrogen-bond donors (Lipinski definition) is 0. The van der Waals surface area contributed by atoms with Gasteiger partial charge < -0.3 is 14.7 Å². The molecule has 6 heteroatoms. The minimum absolute atomic E-state index is 0.0427. The fraction of sp³-hybridized carbons (Fsp3) is 0.391. The molecule has 0 bridgehead atoms. The van der Waals surface area contributed by atoms with Crippen LogP contribution in [0.4, 0.5) is 5.69 Å². The van der Waals surface area contributed by atoms with Gasteiger partial charge >= 0.3 is 0 Å². The number of halogens is 1. The Hall–Kier alpha value is -2.53. The van der Waals surface area contributed by atoms with Crippen LogP contribution in [0.5, 0.6) is 0 Å². The van der Waals surface area contributed by atoms with Gasteiger partial charge in [-0.1, -0.05) is 35.9 Å². The Balaban J connectivity index is 1.35. The number of anilines is 1. The summed E-state index contributed by atoms with van der Waals surface area (Å²) in [7, 11) is 0. The first-order valence-corrected chi connectivity index (χ1v) is 10.6. The quantitative estimate of drug-likeness (QED) is 0.775. The Morgan fingerprint density at radius 3 is 2.34 bits per heavy atom. The van der Waals surface area contributed by atoms with Crippen LogP contribution in [-0.4, -0.2) is 60.9 Å². The minimum Gasteiger partial charge on any atom is -0.368 e. The fourth-order valence-corrected chi connectivity index (χ4v) is 4.44. The monoisotopic (exact) mass is 411 g/mol. The van der Waals surface area contributed by atoms with Crippen molar-refractivity contribution in [2.24, 2.45) is 5.92 Å². The Labute approximate surface area is 176 Å². The van der Waals surface area contributed by atoms with Gasteiger partial charge in [0.05, 0.1) is 5.92 Å². The van der Waals surface area contributed by atoms with Crippen molar-refractivity contribution in [1.29, 1.82) is 0 Å². The highest BCUT2D eigenvalue weighted by Gasteiger charge is 2.33. The number of para-hydroxylation sites is 1. The molecule has 2 aliphatic heterocycles. The summed E-state index contributed by atoms with van der Waals surface area (Å²) in [6, 6.07) is 17.3. The molecular formula is C23H26ClN3O2. The van der Waals surface area contributed by atoms with Crippen molar-refractivity contribution in [3.05, 3.63) is 65.2 Å². The predicted octanol–water partition coefficient (Wildman–Crippen LogP) is 3.54. The molecular weight excluding hydrogens is 386 g/mol.